The maximum absolute atomic E-state index is 11.4. The van der Waals surface area contributed by atoms with Gasteiger partial charge in [0.1, 0.15) is 0 Å². The third kappa shape index (κ3) is 11.4. The van der Waals surface area contributed by atoms with Crippen LogP contribution < -0.4 is 10.6 Å². The molecule has 0 aliphatic carbocycles. The molecule has 2 N–H and O–H groups in total. The van der Waals surface area contributed by atoms with Crippen molar-refractivity contribution in [3.8, 4) is 0 Å². The van der Waals surface area contributed by atoms with Crippen molar-refractivity contribution in [1.82, 2.24) is 10.6 Å². The van der Waals surface area contributed by atoms with Crippen LogP contribution in [-0.4, -0.2) is 25.0 Å². The SMILES string of the molecule is CC(C)NCCCC(=O)NCC(C)(C)C. The summed E-state index contributed by atoms with van der Waals surface area (Å²) >= 11 is 0. The van der Waals surface area contributed by atoms with Crippen molar-refractivity contribution in [2.24, 2.45) is 5.41 Å². The topological polar surface area (TPSA) is 41.1 Å². The Kier molecular flexibility index (Phi) is 6.57. The Hall–Kier alpha value is -0.570. The first-order valence-corrected chi connectivity index (χ1v) is 5.81. The Labute approximate surface area is 94.0 Å². The number of hydrogen-bond donors (Lipinski definition) is 2. The molecular formula is C12H26N2O. The average Bonchev–Trinajstić information content (AvgIpc) is 2.07. The third-order valence-corrected chi connectivity index (χ3v) is 1.95. The van der Waals surface area contributed by atoms with Gasteiger partial charge in [0.05, 0.1) is 0 Å². The molecule has 0 heterocycles. The average molecular weight is 214 g/mol. The van der Waals surface area contributed by atoms with E-state index in [0.717, 1.165) is 19.5 Å². The second kappa shape index (κ2) is 6.83. The van der Waals surface area contributed by atoms with Crippen molar-refractivity contribution in [3.63, 3.8) is 0 Å². The monoisotopic (exact) mass is 214 g/mol. The number of nitrogens with one attached hydrogen (secondary N) is 2. The molecule has 0 saturated heterocycles. The largest absolute Gasteiger partial charge is 0.356 e. The van der Waals surface area contributed by atoms with Gasteiger partial charge in [-0.15, -0.1) is 0 Å². The molecule has 0 fully saturated rings. The van der Waals surface area contributed by atoms with Crippen LogP contribution in [0.15, 0.2) is 0 Å². The lowest BCUT2D eigenvalue weighted by Crippen LogP contribution is -2.33. The molecule has 15 heavy (non-hydrogen) atoms. The summed E-state index contributed by atoms with van der Waals surface area (Å²) in [5.41, 5.74) is 0.172. The first-order valence-electron chi connectivity index (χ1n) is 5.81. The molecule has 0 spiro atoms. The molecule has 0 saturated carbocycles. The van der Waals surface area contributed by atoms with Gasteiger partial charge in [-0.05, 0) is 18.4 Å². The van der Waals surface area contributed by atoms with E-state index in [2.05, 4.69) is 45.3 Å². The minimum absolute atomic E-state index is 0.162. The van der Waals surface area contributed by atoms with Gasteiger partial charge in [-0.3, -0.25) is 4.79 Å². The third-order valence-electron chi connectivity index (χ3n) is 1.95. The molecule has 0 aromatic rings. The van der Waals surface area contributed by atoms with Crippen molar-refractivity contribution in [3.05, 3.63) is 0 Å². The lowest BCUT2D eigenvalue weighted by Gasteiger charge is -2.18. The molecule has 0 aromatic heterocycles. The molecule has 1 amide bonds. The fourth-order valence-electron chi connectivity index (χ4n) is 1.09. The van der Waals surface area contributed by atoms with Crippen LogP contribution in [0.2, 0.25) is 0 Å². The van der Waals surface area contributed by atoms with Crippen LogP contribution in [0.25, 0.3) is 0 Å². The van der Waals surface area contributed by atoms with Crippen LogP contribution in [-0.2, 0) is 4.79 Å². The van der Waals surface area contributed by atoms with E-state index < -0.39 is 0 Å². The normalized spacial score (nSPS) is 11.9. The molecule has 3 nitrogen and oxygen atoms in total. The van der Waals surface area contributed by atoms with Crippen LogP contribution in [0.4, 0.5) is 0 Å². The van der Waals surface area contributed by atoms with E-state index in [9.17, 15) is 4.79 Å². The molecule has 3 heteroatoms. The summed E-state index contributed by atoms with van der Waals surface area (Å²) in [5, 5.41) is 6.24. The molecule has 90 valence electrons. The van der Waals surface area contributed by atoms with Crippen molar-refractivity contribution in [2.45, 2.75) is 53.5 Å². The zero-order valence-corrected chi connectivity index (χ0v) is 10.8. The Balaban J connectivity index is 3.42. The van der Waals surface area contributed by atoms with Gasteiger partial charge in [0.25, 0.3) is 0 Å². The number of hydrogen-bond acceptors (Lipinski definition) is 2. The molecule has 0 atom stereocenters. The highest BCUT2D eigenvalue weighted by Crippen LogP contribution is 2.10. The fourth-order valence-corrected chi connectivity index (χ4v) is 1.09. The van der Waals surface area contributed by atoms with Crippen molar-refractivity contribution in [1.29, 1.82) is 0 Å². The molecule has 0 aliphatic heterocycles. The highest BCUT2D eigenvalue weighted by molar-refractivity contribution is 5.75. The number of rotatable bonds is 6. The molecule has 0 rings (SSSR count). The molecule has 0 bridgehead atoms. The summed E-state index contributed by atoms with van der Waals surface area (Å²) in [6.07, 6.45) is 1.53. The molecule has 0 aromatic carbocycles. The zero-order valence-electron chi connectivity index (χ0n) is 10.8. The quantitative estimate of drug-likeness (QED) is 0.663. The van der Waals surface area contributed by atoms with Crippen molar-refractivity contribution >= 4 is 5.91 Å². The number of carbonyl (C=O) groups is 1. The maximum atomic E-state index is 11.4. The van der Waals surface area contributed by atoms with E-state index in [-0.39, 0.29) is 11.3 Å². The van der Waals surface area contributed by atoms with Gasteiger partial charge in [0, 0.05) is 19.0 Å². The Morgan fingerprint density at radius 3 is 2.33 bits per heavy atom. The summed E-state index contributed by atoms with van der Waals surface area (Å²) in [6.45, 7) is 12.2. The van der Waals surface area contributed by atoms with Gasteiger partial charge < -0.3 is 10.6 Å². The first kappa shape index (κ1) is 14.4. The van der Waals surface area contributed by atoms with E-state index in [1.165, 1.54) is 0 Å². The maximum Gasteiger partial charge on any atom is 0.220 e. The highest BCUT2D eigenvalue weighted by atomic mass is 16.1. The Morgan fingerprint density at radius 1 is 1.27 bits per heavy atom. The van der Waals surface area contributed by atoms with Crippen LogP contribution in [0.1, 0.15) is 47.5 Å². The van der Waals surface area contributed by atoms with Gasteiger partial charge >= 0.3 is 0 Å². The first-order chi connectivity index (χ1) is 6.81. The van der Waals surface area contributed by atoms with E-state index in [0.29, 0.717) is 12.5 Å². The zero-order chi connectivity index (χ0) is 11.9. The Morgan fingerprint density at radius 2 is 1.87 bits per heavy atom. The lowest BCUT2D eigenvalue weighted by molar-refractivity contribution is -0.121. The summed E-state index contributed by atoms with van der Waals surface area (Å²) in [4.78, 5) is 11.4. The number of carbonyl (C=O) groups excluding carboxylic acids is 1. The van der Waals surface area contributed by atoms with Crippen LogP contribution in [0.3, 0.4) is 0 Å². The second-order valence-corrected chi connectivity index (χ2v) is 5.55. The second-order valence-electron chi connectivity index (χ2n) is 5.55. The van der Waals surface area contributed by atoms with Gasteiger partial charge in [-0.25, -0.2) is 0 Å². The van der Waals surface area contributed by atoms with Crippen LogP contribution in [0.5, 0.6) is 0 Å². The summed E-state index contributed by atoms with van der Waals surface area (Å²) in [7, 11) is 0. The predicted octanol–water partition coefficient (Wildman–Crippen LogP) is 1.93. The minimum Gasteiger partial charge on any atom is -0.356 e. The van der Waals surface area contributed by atoms with E-state index >= 15 is 0 Å². The Bertz CT molecular complexity index is 183. The summed E-state index contributed by atoms with van der Waals surface area (Å²) in [5.74, 6) is 0.162. The smallest absolute Gasteiger partial charge is 0.220 e. The van der Waals surface area contributed by atoms with Crippen LogP contribution in [0, 0.1) is 5.41 Å². The van der Waals surface area contributed by atoms with Gasteiger partial charge in [-0.2, -0.15) is 0 Å². The summed E-state index contributed by atoms with van der Waals surface area (Å²) < 4.78 is 0. The molecule has 0 radical (unpaired) electrons. The fraction of sp³-hybridized carbons (Fsp3) is 0.917. The summed E-state index contributed by atoms with van der Waals surface area (Å²) in [6, 6.07) is 0.502. The van der Waals surface area contributed by atoms with E-state index in [4.69, 9.17) is 0 Å². The van der Waals surface area contributed by atoms with Crippen LogP contribution >= 0.6 is 0 Å². The van der Waals surface area contributed by atoms with Crippen molar-refractivity contribution < 1.29 is 4.79 Å². The van der Waals surface area contributed by atoms with Gasteiger partial charge in [0.15, 0.2) is 0 Å². The lowest BCUT2D eigenvalue weighted by atomic mass is 9.97. The molecular weight excluding hydrogens is 188 g/mol. The predicted molar refractivity (Wildman–Crippen MR) is 64.8 cm³/mol. The molecule has 0 aliphatic rings. The molecule has 0 unspecified atom stereocenters. The highest BCUT2D eigenvalue weighted by Gasteiger charge is 2.11. The van der Waals surface area contributed by atoms with Gasteiger partial charge in [0.2, 0.25) is 5.91 Å². The van der Waals surface area contributed by atoms with E-state index in [1.807, 2.05) is 0 Å². The van der Waals surface area contributed by atoms with Crippen molar-refractivity contribution in [2.75, 3.05) is 13.1 Å². The minimum atomic E-state index is 0.162. The number of amides is 1. The van der Waals surface area contributed by atoms with E-state index in [1.54, 1.807) is 0 Å². The van der Waals surface area contributed by atoms with Gasteiger partial charge in [-0.1, -0.05) is 34.6 Å². The standard InChI is InChI=1S/C12H26N2O/c1-10(2)13-8-6-7-11(15)14-9-12(3,4)5/h10,13H,6-9H2,1-5H3,(H,14,15).